The summed E-state index contributed by atoms with van der Waals surface area (Å²) in [4.78, 5) is 20.3. The average molecular weight is 418 g/mol. The zero-order chi connectivity index (χ0) is 20.8. The molecule has 2 aromatic carbocycles. The van der Waals surface area contributed by atoms with Crippen molar-refractivity contribution in [3.63, 3.8) is 0 Å². The van der Waals surface area contributed by atoms with E-state index in [0.29, 0.717) is 23.2 Å². The normalized spacial score (nSPS) is 16.7. The first kappa shape index (κ1) is 20.2. The van der Waals surface area contributed by atoms with E-state index in [0.717, 1.165) is 23.5 Å². The highest BCUT2D eigenvalue weighted by Gasteiger charge is 2.33. The van der Waals surface area contributed by atoms with Crippen LogP contribution in [0, 0.1) is 0 Å². The molecule has 1 aromatic heterocycles. The van der Waals surface area contributed by atoms with E-state index >= 15 is 0 Å². The summed E-state index contributed by atoms with van der Waals surface area (Å²) in [5.74, 6) is -0.0217. The van der Waals surface area contributed by atoms with Gasteiger partial charge >= 0.3 is 0 Å². The van der Waals surface area contributed by atoms with E-state index < -0.39 is 0 Å². The van der Waals surface area contributed by atoms with Crippen LogP contribution in [-0.4, -0.2) is 40.8 Å². The van der Waals surface area contributed by atoms with E-state index in [1.165, 1.54) is 11.8 Å². The maximum Gasteiger partial charge on any atom is 0.266 e. The Kier molecular flexibility index (Phi) is 6.47. The van der Waals surface area contributed by atoms with Crippen LogP contribution in [0.25, 0.3) is 11.8 Å². The topological polar surface area (TPSA) is 46.8 Å². The fraction of sp³-hybridized carbons (Fsp3) is 0.167. The summed E-state index contributed by atoms with van der Waals surface area (Å²) < 4.78 is 7.24. The molecule has 2 heterocycles. The Morgan fingerprint density at radius 1 is 1.00 bits per heavy atom. The van der Waals surface area contributed by atoms with E-state index in [-0.39, 0.29) is 5.91 Å². The van der Waals surface area contributed by atoms with Crippen molar-refractivity contribution < 1.29 is 9.53 Å². The monoisotopic (exact) mass is 417 g/mol. The van der Waals surface area contributed by atoms with E-state index in [4.69, 9.17) is 9.73 Å². The molecule has 5 nitrogen and oxygen atoms in total. The third-order valence-electron chi connectivity index (χ3n) is 4.69. The second kappa shape index (κ2) is 9.61. The van der Waals surface area contributed by atoms with E-state index in [1.54, 1.807) is 12.0 Å². The summed E-state index contributed by atoms with van der Waals surface area (Å²) in [5, 5.41) is 0.700. The molecule has 1 aliphatic heterocycles. The minimum Gasteiger partial charge on any atom is -0.385 e. The third-order valence-corrected chi connectivity index (χ3v) is 5.70. The first-order chi connectivity index (χ1) is 14.8. The highest BCUT2D eigenvalue weighted by Crippen LogP contribution is 2.34. The van der Waals surface area contributed by atoms with Crippen LogP contribution >= 0.6 is 11.8 Å². The number of carbonyl (C=O) groups is 1. The van der Waals surface area contributed by atoms with Crippen LogP contribution < -0.4 is 0 Å². The van der Waals surface area contributed by atoms with Gasteiger partial charge in [0.2, 0.25) is 0 Å². The van der Waals surface area contributed by atoms with Crippen LogP contribution in [0.2, 0.25) is 0 Å². The average Bonchev–Trinajstić information content (AvgIpc) is 3.35. The number of hydrogen-bond acceptors (Lipinski definition) is 4. The van der Waals surface area contributed by atoms with Crippen LogP contribution in [0.1, 0.15) is 12.1 Å². The van der Waals surface area contributed by atoms with Gasteiger partial charge in [-0.2, -0.15) is 0 Å². The molecule has 0 bridgehead atoms. The molecule has 6 heteroatoms. The number of amidine groups is 1. The summed E-state index contributed by atoms with van der Waals surface area (Å²) >= 11 is 1.42. The van der Waals surface area contributed by atoms with Gasteiger partial charge in [-0.25, -0.2) is 4.99 Å². The van der Waals surface area contributed by atoms with Gasteiger partial charge in [-0.05, 0) is 60.7 Å². The van der Waals surface area contributed by atoms with Gasteiger partial charge in [0, 0.05) is 37.8 Å². The van der Waals surface area contributed by atoms with Crippen molar-refractivity contribution in [3.8, 4) is 5.69 Å². The molecule has 3 aromatic rings. The van der Waals surface area contributed by atoms with Gasteiger partial charge in [-0.1, -0.05) is 36.4 Å². The standard InChI is InChI=1S/C24H23N3O2S/c1-29-17-9-16-27-23(28)22(30-24(27)25-19-10-4-2-5-11-19)18-21-14-8-15-26(21)20-12-6-3-7-13-20/h2-8,10-15,18H,9,16-17H2,1H3/b22-18-,25-24?. The number of benzene rings is 2. The van der Waals surface area contributed by atoms with Gasteiger partial charge in [0.05, 0.1) is 10.6 Å². The molecular weight excluding hydrogens is 394 g/mol. The number of methoxy groups -OCH3 is 1. The molecule has 0 unspecified atom stereocenters. The number of nitrogens with zero attached hydrogens (tertiary/aromatic N) is 3. The Bertz CT molecular complexity index is 1060. The summed E-state index contributed by atoms with van der Waals surface area (Å²) in [6, 6.07) is 23.8. The lowest BCUT2D eigenvalue weighted by Gasteiger charge is -2.15. The van der Waals surface area contributed by atoms with Crippen molar-refractivity contribution in [2.45, 2.75) is 6.42 Å². The number of aliphatic imine (C=N–C) groups is 1. The fourth-order valence-corrected chi connectivity index (χ4v) is 4.25. The predicted molar refractivity (Wildman–Crippen MR) is 123 cm³/mol. The molecule has 1 fully saturated rings. The summed E-state index contributed by atoms with van der Waals surface area (Å²) in [7, 11) is 1.67. The van der Waals surface area contributed by atoms with Gasteiger partial charge in [0.15, 0.2) is 5.17 Å². The zero-order valence-corrected chi connectivity index (χ0v) is 17.6. The van der Waals surface area contributed by atoms with Crippen LogP contribution in [0.3, 0.4) is 0 Å². The SMILES string of the molecule is COCCCN1C(=O)/C(=C/c2cccn2-c2ccccc2)SC1=Nc1ccccc1. The largest absolute Gasteiger partial charge is 0.385 e. The molecule has 1 amide bonds. The quantitative estimate of drug-likeness (QED) is 0.396. The number of para-hydroxylation sites is 2. The molecule has 4 rings (SSSR count). The van der Waals surface area contributed by atoms with Gasteiger partial charge in [0.1, 0.15) is 0 Å². The van der Waals surface area contributed by atoms with Gasteiger partial charge in [-0.3, -0.25) is 9.69 Å². The Hall–Kier alpha value is -3.09. The van der Waals surface area contributed by atoms with Crippen molar-refractivity contribution in [1.29, 1.82) is 0 Å². The summed E-state index contributed by atoms with van der Waals surface area (Å²) in [6.45, 7) is 1.17. The van der Waals surface area contributed by atoms with Crippen molar-refractivity contribution in [3.05, 3.63) is 89.6 Å². The third kappa shape index (κ3) is 4.56. The maximum atomic E-state index is 13.2. The van der Waals surface area contributed by atoms with Crippen LogP contribution in [0.15, 0.2) is 88.9 Å². The van der Waals surface area contributed by atoms with Crippen LogP contribution in [0.5, 0.6) is 0 Å². The predicted octanol–water partition coefficient (Wildman–Crippen LogP) is 5.12. The molecule has 1 aliphatic rings. The van der Waals surface area contributed by atoms with Crippen molar-refractivity contribution >= 4 is 34.6 Å². The lowest BCUT2D eigenvalue weighted by molar-refractivity contribution is -0.122. The Labute approximate surface area is 180 Å². The maximum absolute atomic E-state index is 13.2. The Morgan fingerprint density at radius 2 is 1.73 bits per heavy atom. The van der Waals surface area contributed by atoms with E-state index in [1.807, 2.05) is 85.1 Å². The molecule has 152 valence electrons. The zero-order valence-electron chi connectivity index (χ0n) is 16.8. The molecular formula is C24H23N3O2S. The number of carbonyl (C=O) groups excluding carboxylic acids is 1. The first-order valence-electron chi connectivity index (χ1n) is 9.83. The lowest BCUT2D eigenvalue weighted by Crippen LogP contribution is -2.30. The van der Waals surface area contributed by atoms with Gasteiger partial charge in [0.25, 0.3) is 5.91 Å². The molecule has 0 spiro atoms. The van der Waals surface area contributed by atoms with E-state index in [2.05, 4.69) is 4.57 Å². The van der Waals surface area contributed by atoms with Crippen molar-refractivity contribution in [2.75, 3.05) is 20.3 Å². The smallest absolute Gasteiger partial charge is 0.266 e. The van der Waals surface area contributed by atoms with Gasteiger partial charge in [-0.15, -0.1) is 0 Å². The minimum absolute atomic E-state index is 0.0217. The molecule has 0 atom stereocenters. The van der Waals surface area contributed by atoms with Gasteiger partial charge < -0.3 is 9.30 Å². The summed E-state index contributed by atoms with van der Waals surface area (Å²) in [6.07, 6.45) is 4.70. The highest BCUT2D eigenvalue weighted by molar-refractivity contribution is 8.18. The number of rotatable bonds is 7. The Morgan fingerprint density at radius 3 is 2.47 bits per heavy atom. The van der Waals surface area contributed by atoms with Crippen LogP contribution in [-0.2, 0) is 9.53 Å². The minimum atomic E-state index is -0.0217. The van der Waals surface area contributed by atoms with Crippen molar-refractivity contribution in [2.24, 2.45) is 4.99 Å². The second-order valence-corrected chi connectivity index (χ2v) is 7.79. The first-order valence-corrected chi connectivity index (χ1v) is 10.6. The van der Waals surface area contributed by atoms with Crippen LogP contribution in [0.4, 0.5) is 5.69 Å². The number of aromatic nitrogens is 1. The number of thioether (sulfide) groups is 1. The Balaban J connectivity index is 1.65. The summed E-state index contributed by atoms with van der Waals surface area (Å²) in [5.41, 5.74) is 2.84. The lowest BCUT2D eigenvalue weighted by atomic mass is 10.3. The molecule has 1 saturated heterocycles. The fourth-order valence-electron chi connectivity index (χ4n) is 3.24. The number of amides is 1. The second-order valence-electron chi connectivity index (χ2n) is 6.78. The molecule has 0 N–H and O–H groups in total. The molecule has 0 saturated carbocycles. The highest BCUT2D eigenvalue weighted by atomic mass is 32.2. The van der Waals surface area contributed by atoms with E-state index in [9.17, 15) is 4.79 Å². The van der Waals surface area contributed by atoms with Crippen molar-refractivity contribution in [1.82, 2.24) is 9.47 Å². The molecule has 30 heavy (non-hydrogen) atoms. The number of hydrogen-bond donors (Lipinski definition) is 0. The number of ether oxygens (including phenoxy) is 1. The molecule has 0 radical (unpaired) electrons. The molecule has 0 aliphatic carbocycles.